The lowest BCUT2D eigenvalue weighted by atomic mass is 10.4. The molecule has 0 saturated heterocycles. The highest BCUT2D eigenvalue weighted by atomic mass is 15.4. The molecule has 0 rings (SSSR count). The summed E-state index contributed by atoms with van der Waals surface area (Å²) in [6, 6.07) is 0.229. The van der Waals surface area contributed by atoms with Crippen LogP contribution in [0, 0.1) is 0 Å². The van der Waals surface area contributed by atoms with Gasteiger partial charge in [0.25, 0.3) is 0 Å². The predicted octanol–water partition coefficient (Wildman–Crippen LogP) is -0.713. The highest BCUT2D eigenvalue weighted by molar-refractivity contribution is 4.88. The summed E-state index contributed by atoms with van der Waals surface area (Å²) in [5.74, 6) is 5.64. The number of hydrazine groups is 1. The van der Waals surface area contributed by atoms with Crippen molar-refractivity contribution >= 4 is 0 Å². The molecule has 9 heavy (non-hydrogen) atoms. The van der Waals surface area contributed by atoms with Crippen LogP contribution in [0.2, 0.25) is 0 Å². The van der Waals surface area contributed by atoms with Crippen LogP contribution >= 0.6 is 0 Å². The van der Waals surface area contributed by atoms with Gasteiger partial charge in [-0.2, -0.15) is 0 Å². The van der Waals surface area contributed by atoms with E-state index in [4.69, 9.17) is 17.3 Å². The molecule has 0 aliphatic rings. The Morgan fingerprint density at radius 2 is 1.89 bits per heavy atom. The average Bonchev–Trinajstić information content (AvgIpc) is 1.63. The topological polar surface area (TPSA) is 81.3 Å². The van der Waals surface area contributed by atoms with Crippen LogP contribution in [0.3, 0.4) is 0 Å². The van der Waals surface area contributed by atoms with E-state index < -0.39 is 0 Å². The lowest BCUT2D eigenvalue weighted by Gasteiger charge is -2.17. The Balaban J connectivity index is 3.76. The quantitative estimate of drug-likeness (QED) is 0.340. The van der Waals surface area contributed by atoms with Crippen molar-refractivity contribution in [2.24, 2.45) is 17.3 Å². The summed E-state index contributed by atoms with van der Waals surface area (Å²) in [7, 11) is 0. The summed E-state index contributed by atoms with van der Waals surface area (Å²) >= 11 is 0. The number of nitrogens with two attached hydrogens (primary N) is 3. The molecule has 0 unspecified atom stereocenters. The van der Waals surface area contributed by atoms with Gasteiger partial charge < -0.3 is 16.5 Å². The van der Waals surface area contributed by atoms with Crippen molar-refractivity contribution in [1.82, 2.24) is 5.01 Å². The minimum absolute atomic E-state index is 0.228. The van der Waals surface area contributed by atoms with Gasteiger partial charge in [0.05, 0.1) is 6.20 Å². The van der Waals surface area contributed by atoms with Crippen molar-refractivity contribution in [2.75, 3.05) is 0 Å². The lowest BCUT2D eigenvalue weighted by molar-refractivity contribution is 0.320. The highest BCUT2D eigenvalue weighted by Gasteiger charge is 1.96. The van der Waals surface area contributed by atoms with E-state index >= 15 is 0 Å². The van der Waals surface area contributed by atoms with E-state index in [0.29, 0.717) is 0 Å². The molecule has 0 bridgehead atoms. The molecule has 4 nitrogen and oxygen atoms in total. The Morgan fingerprint density at radius 3 is 2.00 bits per heavy atom. The molecular weight excluding hydrogens is 116 g/mol. The van der Waals surface area contributed by atoms with Gasteiger partial charge in [0.1, 0.15) is 5.82 Å². The Bertz CT molecular complexity index is 104. The fraction of sp³-hybridized carbons (Fsp3) is 0.600. The van der Waals surface area contributed by atoms with Gasteiger partial charge in [-0.1, -0.05) is 0 Å². The third kappa shape index (κ3) is 3.66. The minimum Gasteiger partial charge on any atom is -0.384 e. The van der Waals surface area contributed by atoms with Crippen molar-refractivity contribution in [3.8, 4) is 0 Å². The average molecular weight is 130 g/mol. The van der Waals surface area contributed by atoms with Gasteiger partial charge in [-0.25, -0.2) is 5.84 Å². The second-order valence-corrected chi connectivity index (χ2v) is 2.17. The van der Waals surface area contributed by atoms with E-state index in [0.717, 1.165) is 0 Å². The first kappa shape index (κ1) is 8.10. The summed E-state index contributed by atoms with van der Waals surface area (Å²) in [5, 5.41) is 1.45. The number of rotatable bonds is 2. The van der Waals surface area contributed by atoms with Crippen LogP contribution in [0.1, 0.15) is 13.8 Å². The molecule has 6 N–H and O–H groups in total. The summed E-state index contributed by atoms with van der Waals surface area (Å²) in [5.41, 5.74) is 10.3. The van der Waals surface area contributed by atoms with Crippen LogP contribution in [0.5, 0.6) is 0 Å². The molecule has 0 aliphatic carbocycles. The zero-order valence-corrected chi connectivity index (χ0v) is 5.83. The second-order valence-electron chi connectivity index (χ2n) is 2.17. The molecule has 0 aliphatic heterocycles. The van der Waals surface area contributed by atoms with E-state index in [1.165, 1.54) is 11.2 Å². The van der Waals surface area contributed by atoms with Gasteiger partial charge in [0.2, 0.25) is 0 Å². The number of nitrogens with zero attached hydrogens (tertiary/aromatic N) is 1. The van der Waals surface area contributed by atoms with E-state index in [9.17, 15) is 0 Å². The largest absolute Gasteiger partial charge is 0.384 e. The zero-order valence-electron chi connectivity index (χ0n) is 5.83. The molecule has 0 aromatic rings. The molecule has 0 heterocycles. The Hall–Kier alpha value is -0.900. The maximum absolute atomic E-state index is 5.41. The molecule has 0 aromatic heterocycles. The van der Waals surface area contributed by atoms with Crippen molar-refractivity contribution < 1.29 is 0 Å². The Labute approximate surface area is 55.3 Å². The van der Waals surface area contributed by atoms with Crippen molar-refractivity contribution in [3.05, 3.63) is 12.0 Å². The molecule has 0 aromatic carbocycles. The first-order chi connectivity index (χ1) is 4.04. The fourth-order valence-electron chi connectivity index (χ4n) is 0.321. The van der Waals surface area contributed by atoms with E-state index in [1.807, 2.05) is 13.8 Å². The van der Waals surface area contributed by atoms with Gasteiger partial charge in [0.15, 0.2) is 0 Å². The minimum atomic E-state index is 0.228. The molecule has 4 heteroatoms. The van der Waals surface area contributed by atoms with Gasteiger partial charge in [-0.15, -0.1) is 0 Å². The summed E-state index contributed by atoms with van der Waals surface area (Å²) in [6.07, 6.45) is 1.49. The summed E-state index contributed by atoms with van der Waals surface area (Å²) in [6.45, 7) is 3.89. The zero-order chi connectivity index (χ0) is 7.44. The maximum atomic E-state index is 5.41. The van der Waals surface area contributed by atoms with Crippen molar-refractivity contribution in [2.45, 2.75) is 19.9 Å². The molecule has 0 amide bonds. The Kier molecular flexibility index (Phi) is 2.87. The standard InChI is InChI=1S/C5H14N4/c1-4(2)9(8)3-5(6)7/h3-4H,6-8H2,1-2H3. The molecule has 0 radical (unpaired) electrons. The van der Waals surface area contributed by atoms with Gasteiger partial charge >= 0.3 is 0 Å². The van der Waals surface area contributed by atoms with Crippen molar-refractivity contribution in [1.29, 1.82) is 0 Å². The first-order valence-corrected chi connectivity index (χ1v) is 2.80. The molecule has 54 valence electrons. The molecule has 0 saturated carbocycles. The van der Waals surface area contributed by atoms with Gasteiger partial charge in [0, 0.05) is 6.04 Å². The van der Waals surface area contributed by atoms with E-state index in [-0.39, 0.29) is 11.9 Å². The molecule has 0 fully saturated rings. The third-order valence-electron chi connectivity index (χ3n) is 0.894. The van der Waals surface area contributed by atoms with Crippen LogP contribution in [0.25, 0.3) is 0 Å². The first-order valence-electron chi connectivity index (χ1n) is 2.80. The van der Waals surface area contributed by atoms with Gasteiger partial charge in [-0.05, 0) is 13.8 Å². The smallest absolute Gasteiger partial charge is 0.111 e. The van der Waals surface area contributed by atoms with Crippen LogP contribution < -0.4 is 17.3 Å². The monoisotopic (exact) mass is 130 g/mol. The normalized spacial score (nSPS) is 9.33. The maximum Gasteiger partial charge on any atom is 0.111 e. The summed E-state index contributed by atoms with van der Waals surface area (Å²) < 4.78 is 0. The molecule has 0 spiro atoms. The number of hydrogen-bond donors (Lipinski definition) is 3. The SMILES string of the molecule is CC(C)N(N)C=C(N)N. The van der Waals surface area contributed by atoms with Crippen LogP contribution in [0.4, 0.5) is 0 Å². The summed E-state index contributed by atoms with van der Waals surface area (Å²) in [4.78, 5) is 0. The van der Waals surface area contributed by atoms with Gasteiger partial charge in [-0.3, -0.25) is 0 Å². The van der Waals surface area contributed by atoms with E-state index in [1.54, 1.807) is 0 Å². The molecular formula is C5H14N4. The predicted molar refractivity (Wildman–Crippen MR) is 37.6 cm³/mol. The van der Waals surface area contributed by atoms with E-state index in [2.05, 4.69) is 0 Å². The van der Waals surface area contributed by atoms with Crippen LogP contribution in [0.15, 0.2) is 12.0 Å². The Morgan fingerprint density at radius 1 is 1.44 bits per heavy atom. The van der Waals surface area contributed by atoms with Crippen LogP contribution in [-0.2, 0) is 0 Å². The molecule has 0 atom stereocenters. The second kappa shape index (κ2) is 3.19. The number of hydrogen-bond acceptors (Lipinski definition) is 4. The van der Waals surface area contributed by atoms with Crippen LogP contribution in [-0.4, -0.2) is 11.1 Å². The fourth-order valence-corrected chi connectivity index (χ4v) is 0.321. The third-order valence-corrected chi connectivity index (χ3v) is 0.894. The highest BCUT2D eigenvalue weighted by Crippen LogP contribution is 1.89. The lowest BCUT2D eigenvalue weighted by Crippen LogP contribution is -2.34. The van der Waals surface area contributed by atoms with Crippen molar-refractivity contribution in [3.63, 3.8) is 0 Å².